The molecule has 0 N–H and O–H groups in total. The number of nitrogens with zero attached hydrogens (tertiary/aromatic N) is 5. The predicted molar refractivity (Wildman–Crippen MR) is 132 cm³/mol. The minimum Gasteiger partial charge on any atom is -0.378 e. The molecule has 2 aromatic carbocycles. The topological polar surface area (TPSA) is 72.7 Å². The summed E-state index contributed by atoms with van der Waals surface area (Å²) in [5.74, 6) is 0.859. The third kappa shape index (κ3) is 4.82. The average molecular weight is 480 g/mol. The number of morpholine rings is 2. The Hall–Kier alpha value is -2.88. The van der Waals surface area contributed by atoms with Crippen molar-refractivity contribution >= 4 is 23.6 Å². The minimum atomic E-state index is -0.427. The predicted octanol–water partition coefficient (Wildman–Crippen LogP) is 3.10. The van der Waals surface area contributed by atoms with Gasteiger partial charge in [0.2, 0.25) is 11.9 Å². The maximum absolute atomic E-state index is 13.7. The molecule has 2 aliphatic heterocycles. The number of para-hydroxylation sites is 1. The molecule has 0 radical (unpaired) electrons. The fraction of sp³-hybridized carbons (Fsp3) is 0.400. The molecule has 1 amide bonds. The molecular weight excluding hydrogens is 450 g/mol. The summed E-state index contributed by atoms with van der Waals surface area (Å²) < 4.78 is 13.1. The van der Waals surface area contributed by atoms with Crippen LogP contribution in [0.1, 0.15) is 16.4 Å². The highest BCUT2D eigenvalue weighted by atomic mass is 32.2. The highest BCUT2D eigenvalue weighted by Crippen LogP contribution is 2.39. The van der Waals surface area contributed by atoms with Crippen molar-refractivity contribution in [3.8, 4) is 5.69 Å². The van der Waals surface area contributed by atoms with Crippen LogP contribution in [-0.4, -0.2) is 78.2 Å². The van der Waals surface area contributed by atoms with E-state index in [9.17, 15) is 4.79 Å². The summed E-state index contributed by atoms with van der Waals surface area (Å²) in [5.41, 5.74) is 3.09. The Morgan fingerprint density at radius 3 is 2.24 bits per heavy atom. The van der Waals surface area contributed by atoms with E-state index in [4.69, 9.17) is 9.47 Å². The monoisotopic (exact) mass is 479 g/mol. The van der Waals surface area contributed by atoms with E-state index in [0.29, 0.717) is 44.7 Å². The van der Waals surface area contributed by atoms with Crippen LogP contribution in [0.5, 0.6) is 0 Å². The van der Waals surface area contributed by atoms with Crippen molar-refractivity contribution in [3.63, 3.8) is 0 Å². The lowest BCUT2D eigenvalue weighted by atomic mass is 10.1. The van der Waals surface area contributed by atoms with Crippen LogP contribution in [0.4, 0.5) is 5.95 Å². The first-order chi connectivity index (χ1) is 16.7. The number of ether oxygens (including phenoxy) is 2. The standard InChI is InChI=1S/C25H29N5O3S/c1-19-7-5-6-10-21(19)30-24(29-13-17-33-18-14-29)26-27-25(30)34-22(20-8-3-2-4-9-20)23(31)28-11-15-32-16-12-28/h2-10,22H,11-18H2,1H3. The summed E-state index contributed by atoms with van der Waals surface area (Å²) in [7, 11) is 0. The lowest BCUT2D eigenvalue weighted by Gasteiger charge is -2.30. The first kappa shape index (κ1) is 22.9. The summed E-state index contributed by atoms with van der Waals surface area (Å²) in [6.07, 6.45) is 0. The van der Waals surface area contributed by atoms with E-state index < -0.39 is 5.25 Å². The molecule has 9 heteroatoms. The summed E-state index contributed by atoms with van der Waals surface area (Å²) in [5, 5.41) is 9.47. The summed E-state index contributed by atoms with van der Waals surface area (Å²) in [4.78, 5) is 17.8. The molecule has 0 saturated carbocycles. The average Bonchev–Trinajstić information content (AvgIpc) is 3.32. The van der Waals surface area contributed by atoms with Gasteiger partial charge in [-0.3, -0.25) is 9.36 Å². The number of rotatable bonds is 6. The zero-order valence-corrected chi connectivity index (χ0v) is 20.1. The van der Waals surface area contributed by atoms with Crippen molar-refractivity contribution in [1.82, 2.24) is 19.7 Å². The maximum atomic E-state index is 13.7. The van der Waals surface area contributed by atoms with Crippen LogP contribution in [0.2, 0.25) is 0 Å². The lowest BCUT2D eigenvalue weighted by molar-refractivity contribution is -0.134. The molecule has 3 aromatic rings. The fourth-order valence-electron chi connectivity index (χ4n) is 4.28. The lowest BCUT2D eigenvalue weighted by Crippen LogP contribution is -2.42. The number of aryl methyl sites for hydroxylation is 1. The normalized spacial score (nSPS) is 17.6. The van der Waals surface area contributed by atoms with E-state index in [2.05, 4.69) is 38.7 Å². The summed E-state index contributed by atoms with van der Waals surface area (Å²) in [6.45, 7) is 7.25. The second-order valence-electron chi connectivity index (χ2n) is 8.35. The van der Waals surface area contributed by atoms with Gasteiger partial charge in [-0.05, 0) is 24.1 Å². The number of carbonyl (C=O) groups is 1. The van der Waals surface area contributed by atoms with Crippen molar-refractivity contribution in [3.05, 3.63) is 65.7 Å². The molecular formula is C25H29N5O3S. The number of aromatic nitrogens is 3. The largest absolute Gasteiger partial charge is 0.378 e. The van der Waals surface area contributed by atoms with Crippen molar-refractivity contribution in [1.29, 1.82) is 0 Å². The molecule has 8 nitrogen and oxygen atoms in total. The van der Waals surface area contributed by atoms with Crippen LogP contribution >= 0.6 is 11.8 Å². The maximum Gasteiger partial charge on any atom is 0.240 e. The van der Waals surface area contributed by atoms with Crippen molar-refractivity contribution in [2.24, 2.45) is 0 Å². The number of hydrogen-bond acceptors (Lipinski definition) is 7. The van der Waals surface area contributed by atoms with Crippen molar-refractivity contribution in [2.75, 3.05) is 57.5 Å². The number of carbonyl (C=O) groups excluding carboxylic acids is 1. The smallest absolute Gasteiger partial charge is 0.240 e. The molecule has 2 saturated heterocycles. The van der Waals surface area contributed by atoms with Gasteiger partial charge >= 0.3 is 0 Å². The Bertz CT molecular complexity index is 1110. The number of thioether (sulfide) groups is 1. The van der Waals surface area contributed by atoms with E-state index in [1.807, 2.05) is 47.4 Å². The first-order valence-corrected chi connectivity index (χ1v) is 12.5. The Kier molecular flexibility index (Phi) is 7.13. The molecule has 0 spiro atoms. The van der Waals surface area contributed by atoms with Gasteiger partial charge < -0.3 is 19.3 Å². The Morgan fingerprint density at radius 1 is 0.882 bits per heavy atom. The van der Waals surface area contributed by atoms with Crippen LogP contribution in [-0.2, 0) is 14.3 Å². The molecule has 34 heavy (non-hydrogen) atoms. The van der Waals surface area contributed by atoms with E-state index in [0.717, 1.165) is 35.9 Å². The highest BCUT2D eigenvalue weighted by molar-refractivity contribution is 8.00. The SMILES string of the molecule is Cc1ccccc1-n1c(SC(C(=O)N2CCOCC2)c2ccccc2)nnc1N1CCOCC1. The number of amides is 1. The number of benzene rings is 2. The second kappa shape index (κ2) is 10.6. The van der Waals surface area contributed by atoms with E-state index in [-0.39, 0.29) is 5.91 Å². The summed E-state index contributed by atoms with van der Waals surface area (Å²) in [6, 6.07) is 18.1. The molecule has 0 aliphatic carbocycles. The zero-order chi connectivity index (χ0) is 23.3. The molecule has 3 heterocycles. The van der Waals surface area contributed by atoms with Crippen molar-refractivity contribution in [2.45, 2.75) is 17.3 Å². The number of anilines is 1. The molecule has 2 fully saturated rings. The second-order valence-corrected chi connectivity index (χ2v) is 9.42. The van der Waals surface area contributed by atoms with Gasteiger partial charge in [0, 0.05) is 26.2 Å². The van der Waals surface area contributed by atoms with Gasteiger partial charge in [-0.25, -0.2) is 0 Å². The Balaban J connectivity index is 1.55. The molecule has 1 unspecified atom stereocenters. The van der Waals surface area contributed by atoms with Crippen LogP contribution < -0.4 is 4.90 Å². The van der Waals surface area contributed by atoms with Crippen molar-refractivity contribution < 1.29 is 14.3 Å². The van der Waals surface area contributed by atoms with E-state index in [1.165, 1.54) is 11.8 Å². The minimum absolute atomic E-state index is 0.0757. The molecule has 5 rings (SSSR count). The van der Waals surface area contributed by atoms with E-state index >= 15 is 0 Å². The van der Waals surface area contributed by atoms with Crippen LogP contribution in [0.25, 0.3) is 5.69 Å². The van der Waals surface area contributed by atoms with Gasteiger partial charge in [0.15, 0.2) is 5.16 Å². The molecule has 1 aromatic heterocycles. The molecule has 1 atom stereocenters. The quantitative estimate of drug-likeness (QED) is 0.503. The third-order valence-corrected chi connectivity index (χ3v) is 7.32. The van der Waals surface area contributed by atoms with Gasteiger partial charge in [0.25, 0.3) is 0 Å². The van der Waals surface area contributed by atoms with Gasteiger partial charge in [0.05, 0.1) is 32.1 Å². The summed E-state index contributed by atoms with van der Waals surface area (Å²) >= 11 is 1.46. The fourth-order valence-corrected chi connectivity index (χ4v) is 5.40. The van der Waals surface area contributed by atoms with Crippen LogP contribution in [0.15, 0.2) is 59.8 Å². The molecule has 2 aliphatic rings. The van der Waals surface area contributed by atoms with Gasteiger partial charge in [-0.15, -0.1) is 10.2 Å². The van der Waals surface area contributed by atoms with E-state index in [1.54, 1.807) is 0 Å². The molecule has 0 bridgehead atoms. The Morgan fingerprint density at radius 2 is 1.53 bits per heavy atom. The first-order valence-electron chi connectivity index (χ1n) is 11.6. The Labute approximate surface area is 203 Å². The highest BCUT2D eigenvalue weighted by Gasteiger charge is 2.31. The van der Waals surface area contributed by atoms with Crippen LogP contribution in [0.3, 0.4) is 0 Å². The molecule has 178 valence electrons. The van der Waals surface area contributed by atoms with Gasteiger partial charge in [-0.1, -0.05) is 60.3 Å². The van der Waals surface area contributed by atoms with Gasteiger partial charge in [0.1, 0.15) is 5.25 Å². The van der Waals surface area contributed by atoms with Gasteiger partial charge in [-0.2, -0.15) is 0 Å². The third-order valence-electron chi connectivity index (χ3n) is 6.14. The van der Waals surface area contributed by atoms with Crippen LogP contribution in [0, 0.1) is 6.92 Å². The zero-order valence-electron chi connectivity index (χ0n) is 19.3. The number of hydrogen-bond donors (Lipinski definition) is 0.